The maximum atomic E-state index is 5.46. The second kappa shape index (κ2) is 7.70. The molecule has 0 fully saturated rings. The maximum absolute atomic E-state index is 5.46. The van der Waals surface area contributed by atoms with Crippen molar-refractivity contribution in [2.45, 2.75) is 31.7 Å². The smallest absolute Gasteiger partial charge is 0.377 e. The van der Waals surface area contributed by atoms with Crippen molar-refractivity contribution in [3.05, 3.63) is 0 Å². The van der Waals surface area contributed by atoms with Gasteiger partial charge in [0.05, 0.1) is 0 Å². The van der Waals surface area contributed by atoms with E-state index in [0.29, 0.717) is 5.54 Å². The van der Waals surface area contributed by atoms with Crippen LogP contribution in [0.5, 0.6) is 0 Å². The molecule has 0 amide bonds. The topological polar surface area (TPSA) is 27.7 Å². The summed E-state index contributed by atoms with van der Waals surface area (Å²) in [5.74, 6) is 0.901. The molecule has 1 unspecified atom stereocenters. The summed E-state index contributed by atoms with van der Waals surface area (Å²) in [5.41, 5.74) is 0.384. The Morgan fingerprint density at radius 1 is 1.14 bits per heavy atom. The average molecular weight is 238 g/mol. The van der Waals surface area contributed by atoms with E-state index in [0.717, 1.165) is 25.0 Å². The molecule has 0 aliphatic heterocycles. The minimum Gasteiger partial charge on any atom is -0.377 e. The van der Waals surface area contributed by atoms with Gasteiger partial charge in [0.1, 0.15) is 0 Å². The molecular weight excluding hydrogens is 216 g/mol. The Morgan fingerprint density at radius 3 is 1.93 bits per heavy atom. The lowest BCUT2D eigenvalue weighted by molar-refractivity contribution is 0.108. The predicted molar refractivity (Wildman–Crippen MR) is 63.9 cm³/mol. The lowest BCUT2D eigenvalue weighted by atomic mass is 10.2. The van der Waals surface area contributed by atoms with Crippen LogP contribution in [0.15, 0.2) is 0 Å². The minimum atomic E-state index is -2.42. The zero-order valence-corrected chi connectivity index (χ0v) is 11.5. The summed E-state index contributed by atoms with van der Waals surface area (Å²) in [5, 5.41) is 0. The van der Waals surface area contributed by atoms with Crippen molar-refractivity contribution in [1.82, 2.24) is 0 Å². The summed E-state index contributed by atoms with van der Waals surface area (Å²) < 4.78 is 16.4. The summed E-state index contributed by atoms with van der Waals surface area (Å²) in [6.07, 6.45) is 3.16. The molecule has 0 N–H and O–H groups in total. The van der Waals surface area contributed by atoms with Gasteiger partial charge in [0.25, 0.3) is 0 Å². The predicted octanol–water partition coefficient (Wildman–Crippen LogP) is 2.35. The Labute approximate surface area is 93.9 Å². The molecule has 86 valence electrons. The Balaban J connectivity index is 4.40. The van der Waals surface area contributed by atoms with Crippen LogP contribution in [0.1, 0.15) is 26.2 Å². The van der Waals surface area contributed by atoms with Crippen LogP contribution in [0.3, 0.4) is 0 Å². The van der Waals surface area contributed by atoms with E-state index in [9.17, 15) is 0 Å². The van der Waals surface area contributed by atoms with Gasteiger partial charge in [0.2, 0.25) is 0 Å². The van der Waals surface area contributed by atoms with Crippen molar-refractivity contribution < 1.29 is 13.3 Å². The zero-order chi connectivity index (χ0) is 11.0. The summed E-state index contributed by atoms with van der Waals surface area (Å²) in [4.78, 5) is 0. The normalized spacial score (nSPS) is 14.4. The van der Waals surface area contributed by atoms with Crippen LogP contribution >= 0.6 is 12.6 Å². The van der Waals surface area contributed by atoms with Crippen LogP contribution in [0, 0.1) is 0 Å². The van der Waals surface area contributed by atoms with Crippen LogP contribution in [0.2, 0.25) is 5.54 Å². The quantitative estimate of drug-likeness (QED) is 0.520. The molecule has 3 nitrogen and oxygen atoms in total. The minimum absolute atomic E-state index is 0.384. The third-order valence-corrected chi connectivity index (χ3v) is 6.28. The number of rotatable bonds is 8. The van der Waals surface area contributed by atoms with Crippen molar-refractivity contribution in [3.8, 4) is 0 Å². The second-order valence-electron chi connectivity index (χ2n) is 3.19. The van der Waals surface area contributed by atoms with Crippen molar-refractivity contribution in [2.24, 2.45) is 0 Å². The first kappa shape index (κ1) is 14.4. The van der Waals surface area contributed by atoms with Gasteiger partial charge in [-0.25, -0.2) is 0 Å². The van der Waals surface area contributed by atoms with E-state index in [1.807, 2.05) is 0 Å². The third-order valence-electron chi connectivity index (χ3n) is 2.56. The number of hydrogen-bond acceptors (Lipinski definition) is 4. The molecular formula is C9H22O3SSi. The van der Waals surface area contributed by atoms with E-state index < -0.39 is 8.80 Å². The summed E-state index contributed by atoms with van der Waals surface area (Å²) in [6, 6.07) is 0. The first-order valence-corrected chi connectivity index (χ1v) is 7.40. The summed E-state index contributed by atoms with van der Waals surface area (Å²) in [7, 11) is 2.59. The van der Waals surface area contributed by atoms with Gasteiger partial charge in [0.15, 0.2) is 0 Å². The second-order valence-corrected chi connectivity index (χ2v) is 6.88. The van der Waals surface area contributed by atoms with Gasteiger partial charge >= 0.3 is 8.80 Å². The highest BCUT2D eigenvalue weighted by Gasteiger charge is 2.45. The first-order valence-electron chi connectivity index (χ1n) is 4.97. The highest BCUT2D eigenvalue weighted by atomic mass is 32.1. The molecule has 0 aliphatic rings. The maximum Gasteiger partial charge on any atom is 0.503 e. The van der Waals surface area contributed by atoms with Crippen molar-refractivity contribution >= 4 is 21.4 Å². The van der Waals surface area contributed by atoms with Crippen LogP contribution in [0.25, 0.3) is 0 Å². The van der Waals surface area contributed by atoms with E-state index in [1.54, 1.807) is 21.3 Å². The highest BCUT2D eigenvalue weighted by molar-refractivity contribution is 7.80. The van der Waals surface area contributed by atoms with Gasteiger partial charge in [-0.3, -0.25) is 0 Å². The SMILES string of the molecule is CCC(CCCS)[Si](OC)(OC)OC. The molecule has 0 aromatic carbocycles. The molecule has 0 spiro atoms. The van der Waals surface area contributed by atoms with Gasteiger partial charge in [-0.2, -0.15) is 12.6 Å². The van der Waals surface area contributed by atoms with E-state index >= 15 is 0 Å². The molecule has 0 aliphatic carbocycles. The molecule has 0 radical (unpaired) electrons. The van der Waals surface area contributed by atoms with Gasteiger partial charge in [-0.05, 0) is 25.0 Å². The van der Waals surface area contributed by atoms with Crippen molar-refractivity contribution in [1.29, 1.82) is 0 Å². The fourth-order valence-electron chi connectivity index (χ4n) is 1.72. The van der Waals surface area contributed by atoms with E-state index in [2.05, 4.69) is 19.6 Å². The zero-order valence-electron chi connectivity index (χ0n) is 9.58. The lowest BCUT2D eigenvalue weighted by Crippen LogP contribution is -2.47. The summed E-state index contributed by atoms with van der Waals surface area (Å²) in [6.45, 7) is 2.14. The molecule has 0 heterocycles. The molecule has 0 saturated carbocycles. The van der Waals surface area contributed by atoms with Crippen molar-refractivity contribution in [3.63, 3.8) is 0 Å². The molecule has 0 aromatic heterocycles. The standard InChI is InChI=1S/C9H22O3SSi/c1-5-9(7-6-8-13)14(10-2,11-3)12-4/h9,13H,5-8H2,1-4H3. The Bertz CT molecular complexity index is 134. The third kappa shape index (κ3) is 3.55. The fourth-order valence-corrected chi connectivity index (χ4v) is 4.46. The van der Waals surface area contributed by atoms with Gasteiger partial charge < -0.3 is 13.3 Å². The average Bonchev–Trinajstić information content (AvgIpc) is 2.25. The summed E-state index contributed by atoms with van der Waals surface area (Å²) >= 11 is 4.21. The van der Waals surface area contributed by atoms with E-state index in [4.69, 9.17) is 13.3 Å². The first-order chi connectivity index (χ1) is 6.70. The van der Waals surface area contributed by atoms with E-state index in [-0.39, 0.29) is 0 Å². The van der Waals surface area contributed by atoms with Gasteiger partial charge in [0, 0.05) is 26.9 Å². The van der Waals surface area contributed by atoms with Crippen LogP contribution in [-0.2, 0) is 13.3 Å². The molecule has 0 aromatic rings. The lowest BCUT2D eigenvalue weighted by Gasteiger charge is -2.31. The van der Waals surface area contributed by atoms with Crippen LogP contribution < -0.4 is 0 Å². The molecule has 0 bridgehead atoms. The Kier molecular flexibility index (Phi) is 7.95. The highest BCUT2D eigenvalue weighted by Crippen LogP contribution is 2.31. The molecule has 5 heteroatoms. The Hall–Kier alpha value is 0.447. The molecule has 14 heavy (non-hydrogen) atoms. The Morgan fingerprint density at radius 2 is 1.64 bits per heavy atom. The number of thiol groups is 1. The van der Waals surface area contributed by atoms with Crippen LogP contribution in [-0.4, -0.2) is 35.9 Å². The fraction of sp³-hybridized carbons (Fsp3) is 1.00. The largest absolute Gasteiger partial charge is 0.503 e. The van der Waals surface area contributed by atoms with Gasteiger partial charge in [-0.15, -0.1) is 0 Å². The molecule has 0 saturated heterocycles. The van der Waals surface area contributed by atoms with Crippen molar-refractivity contribution in [2.75, 3.05) is 27.1 Å². The van der Waals surface area contributed by atoms with Gasteiger partial charge in [-0.1, -0.05) is 6.92 Å². The van der Waals surface area contributed by atoms with Crippen LogP contribution in [0.4, 0.5) is 0 Å². The molecule has 1 atom stereocenters. The number of hydrogen-bond donors (Lipinski definition) is 1. The van der Waals surface area contributed by atoms with E-state index in [1.165, 1.54) is 0 Å². The monoisotopic (exact) mass is 238 g/mol. The molecule has 0 rings (SSSR count).